The van der Waals surface area contributed by atoms with Crippen LogP contribution in [0.5, 0.6) is 0 Å². The van der Waals surface area contributed by atoms with Crippen LogP contribution in [-0.2, 0) is 11.3 Å². The molecule has 98 valence electrons. The molecular formula is C12H15ClFN3O. The minimum Gasteiger partial charge on any atom is -0.351 e. The molecule has 1 amide bonds. The molecule has 18 heavy (non-hydrogen) atoms. The molecule has 0 aromatic heterocycles. The molecule has 0 spiro atoms. The molecule has 1 aliphatic rings. The van der Waals surface area contributed by atoms with Gasteiger partial charge in [0.25, 0.3) is 0 Å². The molecule has 2 atom stereocenters. The van der Waals surface area contributed by atoms with Crippen LogP contribution in [0.15, 0.2) is 18.2 Å². The van der Waals surface area contributed by atoms with Gasteiger partial charge in [-0.15, -0.1) is 0 Å². The van der Waals surface area contributed by atoms with Gasteiger partial charge in [0.1, 0.15) is 11.9 Å². The Labute approximate surface area is 110 Å². The molecule has 1 aromatic carbocycles. The maximum absolute atomic E-state index is 13.6. The fraction of sp³-hybridized carbons (Fsp3) is 0.417. The number of halogens is 2. The van der Waals surface area contributed by atoms with E-state index in [2.05, 4.69) is 10.6 Å². The lowest BCUT2D eigenvalue weighted by atomic mass is 10.1. The first kappa shape index (κ1) is 13.3. The maximum Gasteiger partial charge on any atom is 0.239 e. The summed E-state index contributed by atoms with van der Waals surface area (Å²) in [5, 5.41) is 5.72. The number of amides is 1. The largest absolute Gasteiger partial charge is 0.351 e. The maximum atomic E-state index is 13.6. The Morgan fingerprint density at radius 1 is 1.61 bits per heavy atom. The second-order valence-electron chi connectivity index (χ2n) is 4.32. The van der Waals surface area contributed by atoms with Crippen molar-refractivity contribution in [2.75, 3.05) is 6.54 Å². The zero-order valence-corrected chi connectivity index (χ0v) is 10.5. The summed E-state index contributed by atoms with van der Waals surface area (Å²) in [4.78, 5) is 11.8. The summed E-state index contributed by atoms with van der Waals surface area (Å²) in [6, 6.07) is 4.12. The molecular weight excluding hydrogens is 257 g/mol. The van der Waals surface area contributed by atoms with Crippen LogP contribution in [-0.4, -0.2) is 24.5 Å². The summed E-state index contributed by atoms with van der Waals surface area (Å²) in [7, 11) is 0. The molecule has 0 bridgehead atoms. The molecule has 1 aromatic rings. The van der Waals surface area contributed by atoms with E-state index in [-0.39, 0.29) is 23.5 Å². The van der Waals surface area contributed by atoms with Crippen LogP contribution < -0.4 is 16.4 Å². The number of nitrogens with two attached hydrogens (primary N) is 1. The lowest BCUT2D eigenvalue weighted by Gasteiger charge is -2.15. The van der Waals surface area contributed by atoms with Crippen molar-refractivity contribution < 1.29 is 9.18 Å². The van der Waals surface area contributed by atoms with Crippen molar-refractivity contribution in [1.29, 1.82) is 0 Å². The predicted octanol–water partition coefficient (Wildman–Crippen LogP) is 0.785. The summed E-state index contributed by atoms with van der Waals surface area (Å²) < 4.78 is 13.6. The van der Waals surface area contributed by atoms with Gasteiger partial charge in [-0.2, -0.15) is 0 Å². The summed E-state index contributed by atoms with van der Waals surface area (Å²) in [6.45, 7) is 0.834. The Balaban J connectivity index is 1.95. The van der Waals surface area contributed by atoms with Crippen molar-refractivity contribution in [2.45, 2.75) is 25.0 Å². The van der Waals surface area contributed by atoms with Crippen LogP contribution in [0, 0.1) is 5.82 Å². The van der Waals surface area contributed by atoms with Crippen molar-refractivity contribution in [2.24, 2.45) is 5.73 Å². The Morgan fingerprint density at radius 2 is 2.39 bits per heavy atom. The average molecular weight is 272 g/mol. The molecule has 4 nitrogen and oxygen atoms in total. The third kappa shape index (κ3) is 2.80. The molecule has 2 rings (SSSR count). The Bertz CT molecular complexity index is 455. The highest BCUT2D eigenvalue weighted by atomic mass is 35.5. The van der Waals surface area contributed by atoms with Gasteiger partial charge in [0.05, 0.1) is 5.02 Å². The predicted molar refractivity (Wildman–Crippen MR) is 67.6 cm³/mol. The number of benzene rings is 1. The number of carbonyl (C=O) groups excluding carboxylic acids is 1. The van der Waals surface area contributed by atoms with Gasteiger partial charge >= 0.3 is 0 Å². The molecule has 0 aliphatic carbocycles. The summed E-state index contributed by atoms with van der Waals surface area (Å²) in [6.07, 6.45) is 0.767. The lowest BCUT2D eigenvalue weighted by Crippen LogP contribution is -2.48. The zero-order chi connectivity index (χ0) is 13.1. The van der Waals surface area contributed by atoms with Gasteiger partial charge in [0.15, 0.2) is 0 Å². The molecule has 4 N–H and O–H groups in total. The molecule has 1 aliphatic heterocycles. The van der Waals surface area contributed by atoms with Crippen LogP contribution in [0.25, 0.3) is 0 Å². The monoisotopic (exact) mass is 271 g/mol. The molecule has 0 radical (unpaired) electrons. The van der Waals surface area contributed by atoms with Gasteiger partial charge in [-0.25, -0.2) is 4.39 Å². The standard InChI is InChI=1S/C12H15ClFN3O/c13-8-3-1-2-7(10(8)14)6-17-12(18)11-9(15)4-5-16-11/h1-3,9,11,16H,4-6,15H2,(H,17,18)/t9?,11-/m0/s1. The summed E-state index contributed by atoms with van der Waals surface area (Å²) in [5.41, 5.74) is 6.15. The first-order chi connectivity index (χ1) is 8.59. The molecule has 1 saturated heterocycles. The Hall–Kier alpha value is -1.17. The normalized spacial score (nSPS) is 23.1. The minimum atomic E-state index is -0.497. The third-order valence-corrected chi connectivity index (χ3v) is 3.33. The number of carbonyl (C=O) groups is 1. The number of hydrogen-bond acceptors (Lipinski definition) is 3. The van der Waals surface area contributed by atoms with Crippen LogP contribution >= 0.6 is 11.6 Å². The van der Waals surface area contributed by atoms with Crippen molar-refractivity contribution in [1.82, 2.24) is 10.6 Å². The first-order valence-corrected chi connectivity index (χ1v) is 6.17. The fourth-order valence-electron chi connectivity index (χ4n) is 1.99. The smallest absolute Gasteiger partial charge is 0.239 e. The quantitative estimate of drug-likeness (QED) is 0.761. The van der Waals surface area contributed by atoms with E-state index in [1.165, 1.54) is 6.07 Å². The van der Waals surface area contributed by atoms with Gasteiger partial charge in [0, 0.05) is 18.2 Å². The highest BCUT2D eigenvalue weighted by molar-refractivity contribution is 6.30. The highest BCUT2D eigenvalue weighted by Crippen LogP contribution is 2.17. The molecule has 1 fully saturated rings. The van der Waals surface area contributed by atoms with Gasteiger partial charge in [0.2, 0.25) is 5.91 Å². The number of hydrogen-bond donors (Lipinski definition) is 3. The van der Waals surface area contributed by atoms with Crippen LogP contribution in [0.2, 0.25) is 5.02 Å². The van der Waals surface area contributed by atoms with Crippen molar-refractivity contribution in [3.05, 3.63) is 34.6 Å². The van der Waals surface area contributed by atoms with Crippen LogP contribution in [0.3, 0.4) is 0 Å². The average Bonchev–Trinajstić information content (AvgIpc) is 2.77. The summed E-state index contributed by atoms with van der Waals surface area (Å²) >= 11 is 5.66. The van der Waals surface area contributed by atoms with E-state index >= 15 is 0 Å². The van der Waals surface area contributed by atoms with Gasteiger partial charge in [-0.05, 0) is 19.0 Å². The molecule has 6 heteroatoms. The van der Waals surface area contributed by atoms with Crippen LogP contribution in [0.4, 0.5) is 4.39 Å². The zero-order valence-electron chi connectivity index (χ0n) is 9.75. The second-order valence-corrected chi connectivity index (χ2v) is 4.72. The van der Waals surface area contributed by atoms with Crippen molar-refractivity contribution in [3.63, 3.8) is 0 Å². The Morgan fingerprint density at radius 3 is 3.06 bits per heavy atom. The van der Waals surface area contributed by atoms with E-state index in [1.54, 1.807) is 12.1 Å². The van der Waals surface area contributed by atoms with E-state index in [1.807, 2.05) is 0 Å². The van der Waals surface area contributed by atoms with E-state index in [0.717, 1.165) is 13.0 Å². The highest BCUT2D eigenvalue weighted by Gasteiger charge is 2.29. The van der Waals surface area contributed by atoms with E-state index in [0.29, 0.717) is 5.56 Å². The topological polar surface area (TPSA) is 67.1 Å². The van der Waals surface area contributed by atoms with Gasteiger partial charge < -0.3 is 16.4 Å². The van der Waals surface area contributed by atoms with E-state index in [4.69, 9.17) is 17.3 Å². The first-order valence-electron chi connectivity index (χ1n) is 5.79. The lowest BCUT2D eigenvalue weighted by molar-refractivity contribution is -0.123. The fourth-order valence-corrected chi connectivity index (χ4v) is 2.18. The minimum absolute atomic E-state index is 0.0532. The number of rotatable bonds is 3. The van der Waals surface area contributed by atoms with E-state index in [9.17, 15) is 9.18 Å². The second kappa shape index (κ2) is 5.65. The summed E-state index contributed by atoms with van der Waals surface area (Å²) in [5.74, 6) is -0.706. The van der Waals surface area contributed by atoms with Gasteiger partial charge in [-0.3, -0.25) is 4.79 Å². The Kier molecular flexibility index (Phi) is 4.16. The van der Waals surface area contributed by atoms with Crippen molar-refractivity contribution >= 4 is 17.5 Å². The molecule has 0 saturated carbocycles. The molecule has 1 heterocycles. The third-order valence-electron chi connectivity index (χ3n) is 3.04. The number of nitrogens with one attached hydrogen (secondary N) is 2. The van der Waals surface area contributed by atoms with Crippen LogP contribution in [0.1, 0.15) is 12.0 Å². The van der Waals surface area contributed by atoms with Crippen molar-refractivity contribution in [3.8, 4) is 0 Å². The molecule has 1 unspecified atom stereocenters. The SMILES string of the molecule is NC1CCN[C@@H]1C(=O)NCc1cccc(Cl)c1F. The van der Waals surface area contributed by atoms with E-state index < -0.39 is 11.9 Å². The van der Waals surface area contributed by atoms with Gasteiger partial charge in [-0.1, -0.05) is 23.7 Å².